The lowest BCUT2D eigenvalue weighted by Gasteiger charge is -2.36. The molecule has 1 aliphatic heterocycles. The largest absolute Gasteiger partial charge is 0.496 e. The minimum Gasteiger partial charge on any atom is -0.496 e. The number of sulfonamides is 1. The average Bonchev–Trinajstić information content (AvgIpc) is 2.95. The summed E-state index contributed by atoms with van der Waals surface area (Å²) in [6.45, 7) is 0.894. The van der Waals surface area contributed by atoms with Crippen LogP contribution in [0.2, 0.25) is 0 Å². The van der Waals surface area contributed by atoms with Crippen LogP contribution in [0.4, 0.5) is 0 Å². The molecule has 0 bridgehead atoms. The van der Waals surface area contributed by atoms with E-state index in [1.807, 2.05) is 0 Å². The molecule has 1 aromatic rings. The summed E-state index contributed by atoms with van der Waals surface area (Å²) < 4.78 is 38.9. The average molecular weight is 376 g/mol. The van der Waals surface area contributed by atoms with Crippen molar-refractivity contribution in [1.29, 1.82) is 0 Å². The molecule has 2 fully saturated rings. The quantitative estimate of drug-likeness (QED) is 0.813. The van der Waals surface area contributed by atoms with E-state index in [1.165, 1.54) is 0 Å². The number of hydrogen-bond acceptors (Lipinski definition) is 4. The molecule has 0 radical (unpaired) electrons. The van der Waals surface area contributed by atoms with Gasteiger partial charge in [0.15, 0.2) is 0 Å². The Bertz CT molecular complexity index is 634. The normalized spacial score (nSPS) is 26.6. The fourth-order valence-corrected chi connectivity index (χ4v) is 5.51. The number of benzene rings is 1. The van der Waals surface area contributed by atoms with Crippen molar-refractivity contribution in [3.63, 3.8) is 0 Å². The minimum absolute atomic E-state index is 0.0235. The van der Waals surface area contributed by atoms with E-state index in [1.54, 1.807) is 29.6 Å². The maximum atomic E-state index is 12.9. The van der Waals surface area contributed by atoms with E-state index in [0.717, 1.165) is 19.3 Å². The maximum Gasteiger partial charge on any atom is 0.243 e. The third-order valence-corrected chi connectivity index (χ3v) is 6.70. The van der Waals surface area contributed by atoms with Crippen LogP contribution >= 0.6 is 15.9 Å². The second-order valence-corrected chi connectivity index (χ2v) is 8.06. The summed E-state index contributed by atoms with van der Waals surface area (Å²) in [5.74, 6) is 0.620. The molecule has 0 N–H and O–H groups in total. The van der Waals surface area contributed by atoms with Crippen molar-refractivity contribution in [3.8, 4) is 5.75 Å². The van der Waals surface area contributed by atoms with Crippen LogP contribution in [0.15, 0.2) is 27.6 Å². The third kappa shape index (κ3) is 2.72. The second-order valence-electron chi connectivity index (χ2n) is 5.32. The van der Waals surface area contributed by atoms with E-state index in [9.17, 15) is 8.42 Å². The van der Waals surface area contributed by atoms with Gasteiger partial charge in [-0.05, 0) is 53.4 Å². The van der Waals surface area contributed by atoms with Gasteiger partial charge in [-0.2, -0.15) is 4.31 Å². The second kappa shape index (κ2) is 5.87. The van der Waals surface area contributed by atoms with E-state index in [-0.39, 0.29) is 12.1 Å². The number of ether oxygens (including phenoxy) is 2. The van der Waals surface area contributed by atoms with Gasteiger partial charge in [0.25, 0.3) is 0 Å². The van der Waals surface area contributed by atoms with Crippen molar-refractivity contribution in [2.75, 3.05) is 20.3 Å². The Morgan fingerprint density at radius 2 is 2.19 bits per heavy atom. The van der Waals surface area contributed by atoms with Crippen LogP contribution in [0.3, 0.4) is 0 Å². The molecule has 1 aromatic carbocycles. The van der Waals surface area contributed by atoms with Gasteiger partial charge in [-0.3, -0.25) is 0 Å². The molecule has 1 saturated heterocycles. The number of halogens is 1. The van der Waals surface area contributed by atoms with Gasteiger partial charge < -0.3 is 9.47 Å². The van der Waals surface area contributed by atoms with Crippen molar-refractivity contribution in [2.45, 2.75) is 36.3 Å². The molecular formula is C14H18BrNO4S. The Labute approximate surface area is 133 Å². The van der Waals surface area contributed by atoms with Gasteiger partial charge in [-0.15, -0.1) is 0 Å². The molecule has 1 saturated carbocycles. The standard InChI is InChI=1S/C14H18BrNO4S/c1-19-13-6-5-10(9-11(13)15)21(17,18)16-7-8-20-14-4-2-3-12(14)16/h5-6,9,12,14H,2-4,7-8H2,1H3. The highest BCUT2D eigenvalue weighted by molar-refractivity contribution is 9.10. The molecule has 5 nitrogen and oxygen atoms in total. The number of fused-ring (bicyclic) bond motifs is 1. The van der Waals surface area contributed by atoms with Crippen LogP contribution in [0, 0.1) is 0 Å². The van der Waals surface area contributed by atoms with Crippen LogP contribution in [0.1, 0.15) is 19.3 Å². The first kappa shape index (κ1) is 15.3. The molecule has 1 heterocycles. The molecule has 0 aromatic heterocycles. The number of hydrogen-bond donors (Lipinski definition) is 0. The molecule has 21 heavy (non-hydrogen) atoms. The van der Waals surface area contributed by atoms with Crippen LogP contribution < -0.4 is 4.74 Å². The lowest BCUT2D eigenvalue weighted by molar-refractivity contribution is -0.0241. The summed E-state index contributed by atoms with van der Waals surface area (Å²) in [5, 5.41) is 0. The zero-order chi connectivity index (χ0) is 15.0. The van der Waals surface area contributed by atoms with Crippen LogP contribution in [-0.4, -0.2) is 45.1 Å². The highest BCUT2D eigenvalue weighted by Gasteiger charge is 2.42. The van der Waals surface area contributed by atoms with E-state index in [0.29, 0.717) is 28.3 Å². The molecule has 7 heteroatoms. The first-order chi connectivity index (χ1) is 10.0. The zero-order valence-electron chi connectivity index (χ0n) is 11.8. The van der Waals surface area contributed by atoms with Crippen LogP contribution in [0.25, 0.3) is 0 Å². The summed E-state index contributed by atoms with van der Waals surface area (Å²) in [7, 11) is -1.94. The van der Waals surface area contributed by atoms with Crippen molar-refractivity contribution in [2.24, 2.45) is 0 Å². The van der Waals surface area contributed by atoms with Gasteiger partial charge in [0.2, 0.25) is 10.0 Å². The summed E-state index contributed by atoms with van der Waals surface area (Å²) >= 11 is 3.35. The molecule has 1 aliphatic carbocycles. The number of morpholine rings is 1. The predicted molar refractivity (Wildman–Crippen MR) is 82.0 cm³/mol. The lowest BCUT2D eigenvalue weighted by Crippen LogP contribution is -2.51. The molecule has 2 unspecified atom stereocenters. The van der Waals surface area contributed by atoms with E-state index in [2.05, 4.69) is 15.9 Å². The Kier molecular flexibility index (Phi) is 4.27. The molecule has 2 aliphatic rings. The molecule has 116 valence electrons. The third-order valence-electron chi connectivity index (χ3n) is 4.16. The smallest absolute Gasteiger partial charge is 0.243 e. The Balaban J connectivity index is 1.94. The van der Waals surface area contributed by atoms with E-state index in [4.69, 9.17) is 9.47 Å². The summed E-state index contributed by atoms with van der Waals surface area (Å²) in [6.07, 6.45) is 2.90. The SMILES string of the molecule is COc1ccc(S(=O)(=O)N2CCOC3CCCC32)cc1Br. The van der Waals surface area contributed by atoms with Crippen molar-refractivity contribution in [1.82, 2.24) is 4.31 Å². The van der Waals surface area contributed by atoms with Gasteiger partial charge in [0.1, 0.15) is 5.75 Å². The Hall–Kier alpha value is -0.630. The number of nitrogens with zero attached hydrogens (tertiary/aromatic N) is 1. The van der Waals surface area contributed by atoms with Crippen molar-refractivity contribution >= 4 is 26.0 Å². The topological polar surface area (TPSA) is 55.8 Å². The van der Waals surface area contributed by atoms with Gasteiger partial charge in [-0.25, -0.2) is 8.42 Å². The molecule has 0 amide bonds. The zero-order valence-corrected chi connectivity index (χ0v) is 14.2. The minimum atomic E-state index is -3.50. The van der Waals surface area contributed by atoms with Gasteiger partial charge in [0.05, 0.1) is 35.2 Å². The molecule has 2 atom stereocenters. The first-order valence-corrected chi connectivity index (χ1v) is 9.24. The predicted octanol–water partition coefficient (Wildman–Crippen LogP) is 2.40. The van der Waals surface area contributed by atoms with Crippen LogP contribution in [-0.2, 0) is 14.8 Å². The lowest BCUT2D eigenvalue weighted by atomic mass is 10.2. The molecule has 0 spiro atoms. The van der Waals surface area contributed by atoms with Gasteiger partial charge in [-0.1, -0.05) is 0 Å². The fourth-order valence-electron chi connectivity index (χ4n) is 3.13. The fraction of sp³-hybridized carbons (Fsp3) is 0.571. The van der Waals surface area contributed by atoms with Gasteiger partial charge >= 0.3 is 0 Å². The van der Waals surface area contributed by atoms with E-state index >= 15 is 0 Å². The van der Waals surface area contributed by atoms with Gasteiger partial charge in [0, 0.05) is 6.54 Å². The van der Waals surface area contributed by atoms with Crippen LogP contribution in [0.5, 0.6) is 5.75 Å². The summed E-state index contributed by atoms with van der Waals surface area (Å²) in [4.78, 5) is 0.294. The highest BCUT2D eigenvalue weighted by Crippen LogP contribution is 2.35. The number of methoxy groups -OCH3 is 1. The monoisotopic (exact) mass is 375 g/mol. The summed E-state index contributed by atoms with van der Waals surface area (Å²) in [5.41, 5.74) is 0. The van der Waals surface area contributed by atoms with Crippen molar-refractivity contribution in [3.05, 3.63) is 22.7 Å². The maximum absolute atomic E-state index is 12.9. The first-order valence-electron chi connectivity index (χ1n) is 7.01. The number of rotatable bonds is 3. The highest BCUT2D eigenvalue weighted by atomic mass is 79.9. The molecule has 3 rings (SSSR count). The molecular weight excluding hydrogens is 358 g/mol. The Morgan fingerprint density at radius 3 is 2.90 bits per heavy atom. The van der Waals surface area contributed by atoms with Crippen molar-refractivity contribution < 1.29 is 17.9 Å². The summed E-state index contributed by atoms with van der Waals surface area (Å²) in [6, 6.07) is 4.85. The Morgan fingerprint density at radius 1 is 1.38 bits per heavy atom. The van der Waals surface area contributed by atoms with E-state index < -0.39 is 10.0 Å².